The molecule has 1 aromatic carbocycles. The standard InChI is InChI=1S/C25H38N4O2/c26-23(27)3-1-2-11-28-19-8-9-25(31)22-13-18-6-7-20(30)14-21(18)24(25,15-19)10-12-29(22)16-17-4-5-17/h6-7,14,17,19,22,28,30-31H,1-5,8-13,15-16H2,(H3,26,27)/t19-,22-,24-,25-/m1/s1. The fraction of sp³-hybridized carbons (Fsp3) is 0.720. The lowest BCUT2D eigenvalue weighted by atomic mass is 9.49. The maximum atomic E-state index is 12.3. The second-order valence-electron chi connectivity index (χ2n) is 10.6. The topological polar surface area (TPSA) is 106 Å². The maximum absolute atomic E-state index is 12.3. The number of aromatic hydroxyl groups is 1. The molecule has 2 bridgehead atoms. The van der Waals surface area contributed by atoms with E-state index >= 15 is 0 Å². The van der Waals surface area contributed by atoms with Gasteiger partial charge in [-0.3, -0.25) is 10.3 Å². The molecule has 3 fully saturated rings. The van der Waals surface area contributed by atoms with E-state index in [1.807, 2.05) is 12.1 Å². The van der Waals surface area contributed by atoms with Gasteiger partial charge in [0.25, 0.3) is 0 Å². The summed E-state index contributed by atoms with van der Waals surface area (Å²) in [5, 5.41) is 33.7. The molecule has 4 atom stereocenters. The highest BCUT2D eigenvalue weighted by Crippen LogP contribution is 2.58. The largest absolute Gasteiger partial charge is 0.508 e. The van der Waals surface area contributed by atoms with Crippen LogP contribution < -0.4 is 11.1 Å². The van der Waals surface area contributed by atoms with Crippen molar-refractivity contribution in [1.29, 1.82) is 5.41 Å². The highest BCUT2D eigenvalue weighted by molar-refractivity contribution is 5.76. The molecule has 3 aliphatic carbocycles. The van der Waals surface area contributed by atoms with Crippen LogP contribution in [0.3, 0.4) is 0 Å². The number of nitrogens with one attached hydrogen (secondary N) is 2. The highest BCUT2D eigenvalue weighted by atomic mass is 16.3. The Morgan fingerprint density at radius 1 is 1.23 bits per heavy atom. The van der Waals surface area contributed by atoms with Crippen molar-refractivity contribution in [3.63, 3.8) is 0 Å². The van der Waals surface area contributed by atoms with E-state index in [9.17, 15) is 10.2 Å². The van der Waals surface area contributed by atoms with Crippen LogP contribution in [-0.2, 0) is 11.8 Å². The Morgan fingerprint density at radius 3 is 2.84 bits per heavy atom. The van der Waals surface area contributed by atoms with Crippen molar-refractivity contribution in [1.82, 2.24) is 10.2 Å². The Labute approximate surface area is 185 Å². The van der Waals surface area contributed by atoms with Crippen LogP contribution in [0.2, 0.25) is 0 Å². The molecule has 1 aliphatic heterocycles. The number of amidine groups is 1. The van der Waals surface area contributed by atoms with Gasteiger partial charge < -0.3 is 21.3 Å². The lowest BCUT2D eigenvalue weighted by Gasteiger charge is -2.65. The highest BCUT2D eigenvalue weighted by Gasteiger charge is 2.64. The van der Waals surface area contributed by atoms with E-state index in [2.05, 4.69) is 16.3 Å². The van der Waals surface area contributed by atoms with Crippen LogP contribution in [0.5, 0.6) is 5.75 Å². The number of hydrogen-bond donors (Lipinski definition) is 5. The van der Waals surface area contributed by atoms with Gasteiger partial charge in [-0.25, -0.2) is 0 Å². The minimum atomic E-state index is -0.715. The quantitative estimate of drug-likeness (QED) is 0.250. The van der Waals surface area contributed by atoms with Crippen molar-refractivity contribution >= 4 is 5.84 Å². The summed E-state index contributed by atoms with van der Waals surface area (Å²) in [5.41, 5.74) is 6.99. The zero-order valence-corrected chi connectivity index (χ0v) is 18.6. The smallest absolute Gasteiger partial charge is 0.115 e. The zero-order valence-electron chi connectivity index (χ0n) is 18.6. The van der Waals surface area contributed by atoms with Crippen molar-refractivity contribution < 1.29 is 10.2 Å². The van der Waals surface area contributed by atoms with E-state index in [0.29, 0.717) is 18.2 Å². The number of aliphatic hydroxyl groups is 1. The monoisotopic (exact) mass is 426 g/mol. The van der Waals surface area contributed by atoms with Crippen molar-refractivity contribution in [2.45, 2.75) is 87.3 Å². The molecule has 1 heterocycles. The Kier molecular flexibility index (Phi) is 5.51. The molecule has 4 aliphatic rings. The van der Waals surface area contributed by atoms with Gasteiger partial charge >= 0.3 is 0 Å². The first-order valence-electron chi connectivity index (χ1n) is 12.3. The summed E-state index contributed by atoms with van der Waals surface area (Å²) in [6, 6.07) is 6.42. The van der Waals surface area contributed by atoms with Crippen LogP contribution in [0.4, 0.5) is 0 Å². The van der Waals surface area contributed by atoms with Crippen molar-refractivity contribution in [2.24, 2.45) is 11.7 Å². The number of benzene rings is 1. The number of unbranched alkanes of at least 4 members (excludes halogenated alkanes) is 1. The maximum Gasteiger partial charge on any atom is 0.115 e. The summed E-state index contributed by atoms with van der Waals surface area (Å²) in [6.07, 6.45) is 9.91. The first kappa shape index (κ1) is 21.2. The fourth-order valence-electron chi connectivity index (χ4n) is 6.87. The van der Waals surface area contributed by atoms with E-state index in [0.717, 1.165) is 70.5 Å². The van der Waals surface area contributed by atoms with Crippen LogP contribution in [0.15, 0.2) is 18.2 Å². The minimum absolute atomic E-state index is 0.190. The minimum Gasteiger partial charge on any atom is -0.508 e. The summed E-state index contributed by atoms with van der Waals surface area (Å²) in [6.45, 7) is 3.11. The fourth-order valence-corrected chi connectivity index (χ4v) is 6.87. The lowest BCUT2D eigenvalue weighted by Crippen LogP contribution is -2.74. The van der Waals surface area contributed by atoms with Gasteiger partial charge in [0.05, 0.1) is 11.4 Å². The van der Waals surface area contributed by atoms with Gasteiger partial charge in [0, 0.05) is 30.5 Å². The second-order valence-corrected chi connectivity index (χ2v) is 10.6. The molecule has 0 aromatic heterocycles. The summed E-state index contributed by atoms with van der Waals surface area (Å²) in [5.74, 6) is 1.41. The molecule has 2 saturated carbocycles. The Morgan fingerprint density at radius 2 is 2.06 bits per heavy atom. The number of rotatable bonds is 8. The molecule has 31 heavy (non-hydrogen) atoms. The number of nitrogens with zero attached hydrogens (tertiary/aromatic N) is 1. The Balaban J connectivity index is 1.38. The van der Waals surface area contributed by atoms with Crippen LogP contribution in [-0.4, -0.2) is 58.3 Å². The van der Waals surface area contributed by atoms with E-state index in [1.54, 1.807) is 0 Å². The van der Waals surface area contributed by atoms with Gasteiger partial charge in [-0.2, -0.15) is 0 Å². The molecule has 0 amide bonds. The molecule has 170 valence electrons. The molecule has 1 aromatic rings. The molecule has 0 unspecified atom stereocenters. The van der Waals surface area contributed by atoms with Crippen LogP contribution in [0.1, 0.15) is 68.9 Å². The molecule has 5 rings (SSSR count). The summed E-state index contributed by atoms with van der Waals surface area (Å²) >= 11 is 0. The summed E-state index contributed by atoms with van der Waals surface area (Å²) in [4.78, 5) is 2.60. The number of nitrogens with two attached hydrogens (primary N) is 1. The van der Waals surface area contributed by atoms with Crippen LogP contribution >= 0.6 is 0 Å². The van der Waals surface area contributed by atoms with Gasteiger partial charge in [-0.15, -0.1) is 0 Å². The first-order valence-corrected chi connectivity index (χ1v) is 12.3. The SMILES string of the molecule is N=C(N)CCCCN[C@@H]1CC[C@@]2(O)[C@H]3Cc4ccc(O)cc4[C@@]2(CCN3CC2CC2)C1. The third-order valence-electron chi connectivity index (χ3n) is 8.63. The Hall–Kier alpha value is -1.63. The van der Waals surface area contributed by atoms with Gasteiger partial charge in [0.1, 0.15) is 5.75 Å². The van der Waals surface area contributed by atoms with E-state index in [4.69, 9.17) is 11.1 Å². The average molecular weight is 427 g/mol. The van der Waals surface area contributed by atoms with Crippen molar-refractivity contribution in [3.8, 4) is 5.75 Å². The Bertz CT molecular complexity index is 841. The molecule has 6 N–H and O–H groups in total. The number of phenols is 1. The average Bonchev–Trinajstić information content (AvgIpc) is 3.54. The predicted octanol–water partition coefficient (Wildman–Crippen LogP) is 2.65. The second kappa shape index (κ2) is 8.05. The molecule has 0 spiro atoms. The van der Waals surface area contributed by atoms with Gasteiger partial charge in [-0.05, 0) is 100 Å². The van der Waals surface area contributed by atoms with Gasteiger partial charge in [0.2, 0.25) is 0 Å². The summed E-state index contributed by atoms with van der Waals surface area (Å²) < 4.78 is 0. The van der Waals surface area contributed by atoms with E-state index < -0.39 is 5.60 Å². The van der Waals surface area contributed by atoms with Gasteiger partial charge in [-0.1, -0.05) is 6.07 Å². The molecule has 6 nitrogen and oxygen atoms in total. The number of piperidine rings is 1. The van der Waals surface area contributed by atoms with E-state index in [1.165, 1.54) is 24.0 Å². The van der Waals surface area contributed by atoms with Crippen molar-refractivity contribution in [3.05, 3.63) is 29.3 Å². The van der Waals surface area contributed by atoms with Crippen LogP contribution in [0.25, 0.3) is 0 Å². The molecular weight excluding hydrogens is 388 g/mol. The predicted molar refractivity (Wildman–Crippen MR) is 123 cm³/mol. The molecular formula is C25H38N4O2. The van der Waals surface area contributed by atoms with Crippen LogP contribution in [0, 0.1) is 11.3 Å². The lowest BCUT2D eigenvalue weighted by molar-refractivity contribution is -0.170. The molecule has 6 heteroatoms. The summed E-state index contributed by atoms with van der Waals surface area (Å²) in [7, 11) is 0. The number of likely N-dealkylation sites (tertiary alicyclic amines) is 1. The number of fused-ring (bicyclic) bond motifs is 1. The number of hydrogen-bond acceptors (Lipinski definition) is 5. The van der Waals surface area contributed by atoms with Gasteiger partial charge in [0.15, 0.2) is 0 Å². The molecule has 0 radical (unpaired) electrons. The zero-order chi connectivity index (χ0) is 21.6. The third-order valence-corrected chi connectivity index (χ3v) is 8.63. The number of phenolic OH excluding ortho intramolecular Hbond substituents is 1. The first-order chi connectivity index (χ1) is 14.9. The van der Waals surface area contributed by atoms with E-state index in [-0.39, 0.29) is 17.3 Å². The van der Waals surface area contributed by atoms with Crippen molar-refractivity contribution in [2.75, 3.05) is 19.6 Å². The normalized spacial score (nSPS) is 34.7. The third kappa shape index (κ3) is 3.77. The molecule has 1 saturated heterocycles.